The normalized spacial score (nSPS) is 14.7. The lowest BCUT2D eigenvalue weighted by molar-refractivity contribution is -0.130. The van der Waals surface area contributed by atoms with Crippen molar-refractivity contribution in [2.24, 2.45) is 0 Å². The summed E-state index contributed by atoms with van der Waals surface area (Å²) >= 11 is 0. The molecule has 2 aromatic rings. The van der Waals surface area contributed by atoms with Gasteiger partial charge in [-0.1, -0.05) is 82.3 Å². The third-order valence-electron chi connectivity index (χ3n) is 5.34. The van der Waals surface area contributed by atoms with Crippen molar-refractivity contribution >= 4 is 17.8 Å². The second-order valence-electron chi connectivity index (χ2n) is 7.73. The third kappa shape index (κ3) is 6.35. The zero-order valence-electron chi connectivity index (χ0n) is 18.2. The molecular weight excluding hydrogens is 372 g/mol. The van der Waals surface area contributed by atoms with Gasteiger partial charge in [0.1, 0.15) is 11.5 Å². The van der Waals surface area contributed by atoms with Crippen molar-refractivity contribution in [1.82, 2.24) is 0 Å². The van der Waals surface area contributed by atoms with Crippen LogP contribution in [0.25, 0.3) is 11.8 Å². The first-order valence-corrected chi connectivity index (χ1v) is 11.2. The van der Waals surface area contributed by atoms with Gasteiger partial charge in [0.25, 0.3) is 0 Å². The van der Waals surface area contributed by atoms with Crippen LogP contribution in [-0.4, -0.2) is 12.6 Å². The summed E-state index contributed by atoms with van der Waals surface area (Å²) in [6.07, 6.45) is 12.2. The van der Waals surface area contributed by atoms with Crippen LogP contribution in [0.4, 0.5) is 0 Å². The Kier molecular flexibility index (Phi) is 8.31. The molecular formula is C27H32O3. The largest absolute Gasteiger partial charge is 0.494 e. The molecule has 0 saturated heterocycles. The van der Waals surface area contributed by atoms with E-state index in [1.165, 1.54) is 37.7 Å². The molecule has 0 bridgehead atoms. The number of benzene rings is 2. The Balaban J connectivity index is 1.54. The topological polar surface area (TPSA) is 35.5 Å². The Bertz CT molecular complexity index is 873. The van der Waals surface area contributed by atoms with Crippen molar-refractivity contribution in [3.05, 3.63) is 76.9 Å². The fourth-order valence-corrected chi connectivity index (χ4v) is 3.45. The van der Waals surface area contributed by atoms with Gasteiger partial charge in [-0.15, -0.1) is 0 Å². The van der Waals surface area contributed by atoms with Gasteiger partial charge in [0.15, 0.2) is 0 Å². The van der Waals surface area contributed by atoms with Gasteiger partial charge in [0.2, 0.25) is 0 Å². The van der Waals surface area contributed by atoms with Crippen molar-refractivity contribution in [3.63, 3.8) is 0 Å². The summed E-state index contributed by atoms with van der Waals surface area (Å²) < 4.78 is 11.3. The highest BCUT2D eigenvalue weighted by Gasteiger charge is 2.21. The molecule has 0 aliphatic carbocycles. The van der Waals surface area contributed by atoms with E-state index < -0.39 is 0 Å². The van der Waals surface area contributed by atoms with E-state index in [1.54, 1.807) is 0 Å². The van der Waals surface area contributed by atoms with Gasteiger partial charge in [0, 0.05) is 5.56 Å². The molecule has 0 unspecified atom stereocenters. The number of hydrogen-bond acceptors (Lipinski definition) is 3. The first-order valence-electron chi connectivity index (χ1n) is 11.2. The first kappa shape index (κ1) is 21.9. The van der Waals surface area contributed by atoms with E-state index in [1.807, 2.05) is 48.6 Å². The Morgan fingerprint density at radius 1 is 0.867 bits per heavy atom. The van der Waals surface area contributed by atoms with E-state index in [-0.39, 0.29) is 5.97 Å². The first-order chi connectivity index (χ1) is 14.7. The number of carbonyl (C=O) groups is 1. The molecule has 0 spiro atoms. The van der Waals surface area contributed by atoms with Gasteiger partial charge >= 0.3 is 5.97 Å². The minimum atomic E-state index is -0.312. The molecule has 2 aromatic carbocycles. The molecule has 0 aromatic heterocycles. The molecule has 0 radical (unpaired) electrons. The van der Waals surface area contributed by atoms with Crippen LogP contribution in [0.2, 0.25) is 0 Å². The number of hydrogen-bond donors (Lipinski definition) is 0. The Morgan fingerprint density at radius 2 is 1.57 bits per heavy atom. The molecule has 0 atom stereocenters. The summed E-state index contributed by atoms with van der Waals surface area (Å²) in [7, 11) is 0. The number of cyclic esters (lactones) is 1. The molecule has 3 nitrogen and oxygen atoms in total. The molecule has 0 N–H and O–H groups in total. The summed E-state index contributed by atoms with van der Waals surface area (Å²) in [6, 6.07) is 16.0. The van der Waals surface area contributed by atoms with E-state index in [0.29, 0.717) is 11.3 Å². The lowest BCUT2D eigenvalue weighted by Crippen LogP contribution is -1.98. The molecule has 3 rings (SSSR count). The fraction of sp³-hybridized carbons (Fsp3) is 0.370. The number of carbonyl (C=O) groups excluding carboxylic acids is 1. The molecule has 3 heteroatoms. The van der Waals surface area contributed by atoms with E-state index in [4.69, 9.17) is 9.47 Å². The summed E-state index contributed by atoms with van der Waals surface area (Å²) in [5, 5.41) is 0. The van der Waals surface area contributed by atoms with Crippen molar-refractivity contribution in [2.75, 3.05) is 6.61 Å². The van der Waals surface area contributed by atoms with E-state index in [2.05, 4.69) is 26.0 Å². The fourth-order valence-electron chi connectivity index (χ4n) is 3.45. The maximum atomic E-state index is 12.3. The van der Waals surface area contributed by atoms with Crippen LogP contribution in [0.1, 0.15) is 69.1 Å². The van der Waals surface area contributed by atoms with Crippen LogP contribution in [0.15, 0.2) is 60.2 Å². The van der Waals surface area contributed by atoms with Crippen LogP contribution in [-0.2, 0) is 16.0 Å². The number of rotatable bonds is 11. The minimum Gasteiger partial charge on any atom is -0.494 e. The standard InChI is InChI=1S/C27H32O3/c1-3-5-6-7-8-9-18-29-25-16-12-22(13-17-25)19-24-20-26(30-27(24)28)23-14-10-21(4-2)11-15-23/h10-17,19-20H,3-9,18H2,1-2H3/b24-19-. The maximum Gasteiger partial charge on any atom is 0.343 e. The second kappa shape index (κ2) is 11.4. The number of ether oxygens (including phenoxy) is 2. The summed E-state index contributed by atoms with van der Waals surface area (Å²) in [6.45, 7) is 5.11. The SMILES string of the molecule is CCCCCCCCOc1ccc(/C=C2/C=C(c3ccc(CC)cc3)OC2=O)cc1. The monoisotopic (exact) mass is 404 g/mol. The molecule has 0 saturated carbocycles. The smallest absolute Gasteiger partial charge is 0.343 e. The Morgan fingerprint density at radius 3 is 2.27 bits per heavy atom. The predicted molar refractivity (Wildman–Crippen MR) is 123 cm³/mol. The van der Waals surface area contributed by atoms with Crippen LogP contribution >= 0.6 is 0 Å². The second-order valence-corrected chi connectivity index (χ2v) is 7.73. The average Bonchev–Trinajstić information content (AvgIpc) is 3.14. The number of aryl methyl sites for hydroxylation is 1. The zero-order chi connectivity index (χ0) is 21.2. The van der Waals surface area contributed by atoms with Gasteiger partial charge in [-0.25, -0.2) is 4.79 Å². The van der Waals surface area contributed by atoms with Gasteiger partial charge in [-0.05, 0) is 48.3 Å². The highest BCUT2D eigenvalue weighted by Crippen LogP contribution is 2.28. The highest BCUT2D eigenvalue weighted by atomic mass is 16.5. The number of unbranched alkanes of at least 4 members (excludes halogenated alkanes) is 5. The van der Waals surface area contributed by atoms with Crippen LogP contribution in [0.5, 0.6) is 5.75 Å². The van der Waals surface area contributed by atoms with Gasteiger partial charge < -0.3 is 9.47 Å². The van der Waals surface area contributed by atoms with Gasteiger partial charge in [-0.3, -0.25) is 0 Å². The molecule has 30 heavy (non-hydrogen) atoms. The van der Waals surface area contributed by atoms with Gasteiger partial charge in [-0.2, -0.15) is 0 Å². The quantitative estimate of drug-likeness (QED) is 0.230. The minimum absolute atomic E-state index is 0.312. The summed E-state index contributed by atoms with van der Waals surface area (Å²) in [4.78, 5) is 12.3. The summed E-state index contributed by atoms with van der Waals surface area (Å²) in [5.74, 6) is 1.16. The van der Waals surface area contributed by atoms with Crippen LogP contribution in [0, 0.1) is 0 Å². The highest BCUT2D eigenvalue weighted by molar-refractivity contribution is 6.05. The summed E-state index contributed by atoms with van der Waals surface area (Å²) in [5.41, 5.74) is 3.69. The third-order valence-corrected chi connectivity index (χ3v) is 5.34. The molecule has 158 valence electrons. The molecule has 0 fully saturated rings. The van der Waals surface area contributed by atoms with Gasteiger partial charge in [0.05, 0.1) is 12.2 Å². The lowest BCUT2D eigenvalue weighted by Gasteiger charge is -2.06. The van der Waals surface area contributed by atoms with E-state index >= 15 is 0 Å². The molecule has 1 heterocycles. The Hall–Kier alpha value is -2.81. The van der Waals surface area contributed by atoms with Crippen LogP contribution < -0.4 is 4.74 Å². The molecule has 0 amide bonds. The number of esters is 1. The molecule has 1 aliphatic rings. The van der Waals surface area contributed by atoms with E-state index in [0.717, 1.165) is 36.3 Å². The van der Waals surface area contributed by atoms with Crippen molar-refractivity contribution < 1.29 is 14.3 Å². The van der Waals surface area contributed by atoms with Crippen molar-refractivity contribution in [2.45, 2.75) is 58.8 Å². The molecule has 1 aliphatic heterocycles. The Labute approximate surface area is 180 Å². The van der Waals surface area contributed by atoms with Crippen molar-refractivity contribution in [3.8, 4) is 5.75 Å². The zero-order valence-corrected chi connectivity index (χ0v) is 18.2. The maximum absolute atomic E-state index is 12.3. The van der Waals surface area contributed by atoms with Crippen molar-refractivity contribution in [1.29, 1.82) is 0 Å². The van der Waals surface area contributed by atoms with E-state index in [9.17, 15) is 4.79 Å². The average molecular weight is 405 g/mol. The predicted octanol–water partition coefficient (Wildman–Crippen LogP) is 6.97. The lowest BCUT2D eigenvalue weighted by atomic mass is 10.1. The van der Waals surface area contributed by atoms with Crippen LogP contribution in [0.3, 0.4) is 0 Å².